The highest BCUT2D eigenvalue weighted by Gasteiger charge is 2.20. The zero-order chi connectivity index (χ0) is 16.5. The number of benzene rings is 2. The van der Waals surface area contributed by atoms with Crippen molar-refractivity contribution in [2.45, 2.75) is 9.79 Å². The Balaban J connectivity index is 1.73. The maximum absolute atomic E-state index is 11.0. The zero-order valence-electron chi connectivity index (χ0n) is 12.1. The highest BCUT2D eigenvalue weighted by Crippen LogP contribution is 2.36. The van der Waals surface area contributed by atoms with Crippen molar-refractivity contribution < 1.29 is 9.55 Å². The van der Waals surface area contributed by atoms with Crippen LogP contribution in [0.5, 0.6) is 0 Å². The Morgan fingerprint density at radius 2 is 2.04 bits per heavy atom. The van der Waals surface area contributed by atoms with Gasteiger partial charge in [-0.2, -0.15) is 0 Å². The first kappa shape index (κ1) is 14.4. The molecule has 0 saturated carbocycles. The predicted molar refractivity (Wildman–Crippen MR) is 86.1 cm³/mol. The second kappa shape index (κ2) is 5.78. The molecule has 0 unspecified atom stereocenters. The van der Waals surface area contributed by atoms with Gasteiger partial charge in [0, 0.05) is 33.9 Å². The van der Waals surface area contributed by atoms with Crippen molar-refractivity contribution in [1.82, 2.24) is 19.9 Å². The molecule has 0 amide bonds. The van der Waals surface area contributed by atoms with Gasteiger partial charge in [0.15, 0.2) is 5.52 Å². The molecule has 0 radical (unpaired) electrons. The molecule has 0 aliphatic carbocycles. The van der Waals surface area contributed by atoms with Gasteiger partial charge < -0.3 is 4.57 Å². The van der Waals surface area contributed by atoms with Crippen molar-refractivity contribution in [2.24, 2.45) is 0 Å². The van der Waals surface area contributed by atoms with Gasteiger partial charge in [-0.3, -0.25) is 10.1 Å². The summed E-state index contributed by atoms with van der Waals surface area (Å²) < 4.78 is 6.58. The first-order valence-corrected chi connectivity index (χ1v) is 7.70. The van der Waals surface area contributed by atoms with Crippen LogP contribution in [0.15, 0.2) is 69.5 Å². The van der Waals surface area contributed by atoms with E-state index in [9.17, 15) is 10.1 Å². The van der Waals surface area contributed by atoms with Crippen molar-refractivity contribution in [3.8, 4) is 5.69 Å². The van der Waals surface area contributed by atoms with E-state index >= 15 is 0 Å². The molecule has 24 heavy (non-hydrogen) atoms. The van der Waals surface area contributed by atoms with Gasteiger partial charge in [0.2, 0.25) is 5.52 Å². The second-order valence-electron chi connectivity index (χ2n) is 4.87. The number of aromatic nitrogens is 4. The number of non-ortho nitro benzene ring substituents is 1. The van der Waals surface area contributed by atoms with Gasteiger partial charge in [0.25, 0.3) is 0 Å². The van der Waals surface area contributed by atoms with Crippen molar-refractivity contribution in [3.63, 3.8) is 0 Å². The second-order valence-corrected chi connectivity index (χ2v) is 5.99. The van der Waals surface area contributed by atoms with Gasteiger partial charge in [-0.25, -0.2) is 9.61 Å². The summed E-state index contributed by atoms with van der Waals surface area (Å²) in [6.07, 6.45) is 5.28. The molecule has 4 rings (SSSR count). The molecule has 2 heterocycles. The minimum atomic E-state index is -0.499. The molecule has 118 valence electrons. The number of nitro benzene ring substituents is 1. The van der Waals surface area contributed by atoms with Crippen LogP contribution in [0.4, 0.5) is 5.69 Å². The highest BCUT2D eigenvalue weighted by atomic mass is 32.2. The Kier molecular flexibility index (Phi) is 3.47. The third-order valence-electron chi connectivity index (χ3n) is 3.40. The molecule has 8 nitrogen and oxygen atoms in total. The summed E-state index contributed by atoms with van der Waals surface area (Å²) in [6, 6.07) is 10.9. The summed E-state index contributed by atoms with van der Waals surface area (Å²) in [7, 11) is 0. The largest absolute Gasteiger partial charge is 0.306 e. The van der Waals surface area contributed by atoms with E-state index in [1.54, 1.807) is 18.6 Å². The van der Waals surface area contributed by atoms with E-state index in [1.807, 2.05) is 35.0 Å². The fourth-order valence-corrected chi connectivity index (χ4v) is 3.25. The smallest absolute Gasteiger partial charge is 0.300 e. The van der Waals surface area contributed by atoms with Crippen molar-refractivity contribution in [1.29, 1.82) is 0 Å². The first-order chi connectivity index (χ1) is 11.7. The van der Waals surface area contributed by atoms with Crippen LogP contribution in [0.1, 0.15) is 0 Å². The van der Waals surface area contributed by atoms with Crippen LogP contribution in [-0.4, -0.2) is 24.8 Å². The zero-order valence-corrected chi connectivity index (χ0v) is 12.9. The summed E-state index contributed by atoms with van der Waals surface area (Å²) in [5.74, 6) is 0. The lowest BCUT2D eigenvalue weighted by atomic mass is 10.3. The maximum Gasteiger partial charge on any atom is 0.300 e. The Hall–Kier alpha value is -3.20. The maximum atomic E-state index is 11.0. The van der Waals surface area contributed by atoms with E-state index in [1.165, 1.54) is 17.8 Å². The molecule has 0 saturated heterocycles. The van der Waals surface area contributed by atoms with Crippen LogP contribution in [0.3, 0.4) is 0 Å². The quantitative estimate of drug-likeness (QED) is 0.414. The number of imidazole rings is 1. The van der Waals surface area contributed by atoms with Crippen molar-refractivity contribution in [2.75, 3.05) is 0 Å². The summed E-state index contributed by atoms with van der Waals surface area (Å²) in [5, 5.41) is 18.5. The topological polar surface area (TPSA) is 99.9 Å². The van der Waals surface area contributed by atoms with Crippen LogP contribution in [0.2, 0.25) is 0 Å². The predicted octanol–water partition coefficient (Wildman–Crippen LogP) is 3.47. The third kappa shape index (κ3) is 2.50. The summed E-state index contributed by atoms with van der Waals surface area (Å²) in [5.41, 5.74) is 1.37. The van der Waals surface area contributed by atoms with E-state index in [4.69, 9.17) is 0 Å². The molecule has 0 spiro atoms. The van der Waals surface area contributed by atoms with E-state index < -0.39 is 4.92 Å². The fraction of sp³-hybridized carbons (Fsp3) is 0. The minimum Gasteiger partial charge on any atom is -0.306 e. The number of hydrogen-bond donors (Lipinski definition) is 0. The summed E-state index contributed by atoms with van der Waals surface area (Å²) in [6.45, 7) is 0. The van der Waals surface area contributed by atoms with Gasteiger partial charge in [-0.15, -0.1) is 0 Å². The Labute approximate surface area is 139 Å². The molecule has 2 aromatic heterocycles. The molecule has 0 N–H and O–H groups in total. The molecule has 0 aliphatic rings. The SMILES string of the molecule is O=[N+]([O-])c1ccc(Sc2cccc(-n3ccnc3)c2)c2nonc12. The molecule has 0 atom stereocenters. The monoisotopic (exact) mass is 339 g/mol. The lowest BCUT2D eigenvalue weighted by Gasteiger charge is -2.06. The van der Waals surface area contributed by atoms with Gasteiger partial charge in [0.05, 0.1) is 11.3 Å². The van der Waals surface area contributed by atoms with Crippen LogP contribution in [-0.2, 0) is 0 Å². The Morgan fingerprint density at radius 3 is 2.83 bits per heavy atom. The van der Waals surface area contributed by atoms with Crippen molar-refractivity contribution in [3.05, 3.63) is 65.2 Å². The van der Waals surface area contributed by atoms with E-state index in [0.717, 1.165) is 15.5 Å². The van der Waals surface area contributed by atoms with Crippen LogP contribution in [0, 0.1) is 10.1 Å². The lowest BCUT2D eigenvalue weighted by Crippen LogP contribution is -1.91. The molecule has 0 bridgehead atoms. The lowest BCUT2D eigenvalue weighted by molar-refractivity contribution is -0.383. The molecule has 2 aromatic carbocycles. The molecule has 0 fully saturated rings. The Morgan fingerprint density at radius 1 is 1.17 bits per heavy atom. The minimum absolute atomic E-state index is 0.122. The van der Waals surface area contributed by atoms with Crippen molar-refractivity contribution >= 4 is 28.5 Å². The molecular formula is C15H9N5O3S. The Bertz CT molecular complexity index is 1030. The van der Waals surface area contributed by atoms with Crippen LogP contribution >= 0.6 is 11.8 Å². The standard InChI is InChI=1S/C15H9N5O3S/c21-20(22)12-4-5-13(15-14(12)17-23-18-15)24-11-3-1-2-10(8-11)19-7-6-16-9-19/h1-9H. The molecule has 0 aliphatic heterocycles. The third-order valence-corrected chi connectivity index (χ3v) is 4.44. The first-order valence-electron chi connectivity index (χ1n) is 6.88. The number of rotatable bonds is 4. The van der Waals surface area contributed by atoms with Gasteiger partial charge in [-0.1, -0.05) is 17.8 Å². The summed E-state index contributed by atoms with van der Waals surface area (Å²) in [4.78, 5) is 16.3. The molecule has 4 aromatic rings. The van der Waals surface area contributed by atoms with Crippen LogP contribution in [0.25, 0.3) is 16.7 Å². The fourth-order valence-electron chi connectivity index (χ4n) is 2.31. The van der Waals surface area contributed by atoms with E-state index in [2.05, 4.69) is 19.9 Å². The average Bonchev–Trinajstić information content (AvgIpc) is 3.27. The van der Waals surface area contributed by atoms with E-state index in [0.29, 0.717) is 5.52 Å². The number of nitro groups is 1. The van der Waals surface area contributed by atoms with Gasteiger partial charge in [0.1, 0.15) is 0 Å². The van der Waals surface area contributed by atoms with E-state index in [-0.39, 0.29) is 11.2 Å². The summed E-state index contributed by atoms with van der Waals surface area (Å²) >= 11 is 1.43. The van der Waals surface area contributed by atoms with Crippen LogP contribution < -0.4 is 0 Å². The van der Waals surface area contributed by atoms with Gasteiger partial charge in [-0.05, 0) is 34.6 Å². The average molecular weight is 339 g/mol. The normalized spacial score (nSPS) is 11.0. The molecule has 9 heteroatoms. The van der Waals surface area contributed by atoms with Gasteiger partial charge >= 0.3 is 5.69 Å². The highest BCUT2D eigenvalue weighted by molar-refractivity contribution is 7.99. The molecular weight excluding hydrogens is 330 g/mol. The number of hydrogen-bond acceptors (Lipinski definition) is 7. The number of nitrogens with zero attached hydrogens (tertiary/aromatic N) is 5. The number of fused-ring (bicyclic) bond motifs is 1.